The van der Waals surface area contributed by atoms with Gasteiger partial charge in [0.1, 0.15) is 11.4 Å². The first-order chi connectivity index (χ1) is 9.16. The quantitative estimate of drug-likeness (QED) is 0.648. The van der Waals surface area contributed by atoms with Gasteiger partial charge in [0, 0.05) is 9.86 Å². The van der Waals surface area contributed by atoms with Crippen molar-refractivity contribution >= 4 is 32.7 Å². The number of benzene rings is 2. The summed E-state index contributed by atoms with van der Waals surface area (Å²) in [5.41, 5.74) is 0.597. The van der Waals surface area contributed by atoms with E-state index in [-0.39, 0.29) is 11.3 Å². The lowest BCUT2D eigenvalue weighted by Crippen LogP contribution is -2.04. The van der Waals surface area contributed by atoms with Crippen molar-refractivity contribution in [2.75, 3.05) is 0 Å². The number of ketones is 1. The van der Waals surface area contributed by atoms with E-state index in [0.29, 0.717) is 10.1 Å². The molecule has 0 fully saturated rings. The zero-order chi connectivity index (χ0) is 13.4. The Morgan fingerprint density at radius 2 is 1.89 bits per heavy atom. The van der Waals surface area contributed by atoms with E-state index in [2.05, 4.69) is 15.9 Å². The van der Waals surface area contributed by atoms with Crippen LogP contribution in [-0.4, -0.2) is 5.78 Å². The number of fused-ring (bicyclic) bond motifs is 1. The van der Waals surface area contributed by atoms with E-state index < -0.39 is 11.6 Å². The van der Waals surface area contributed by atoms with Crippen LogP contribution in [0, 0.1) is 5.82 Å². The smallest absolute Gasteiger partial charge is 0.232 e. The maximum Gasteiger partial charge on any atom is 0.232 e. The molecule has 1 aromatic heterocycles. The lowest BCUT2D eigenvalue weighted by molar-refractivity contribution is 0.101. The number of hydrogen-bond acceptors (Lipinski definition) is 2. The van der Waals surface area contributed by atoms with Crippen LogP contribution in [0.3, 0.4) is 0 Å². The summed E-state index contributed by atoms with van der Waals surface area (Å²) < 4.78 is 19.6. The number of halogens is 2. The van der Waals surface area contributed by atoms with Crippen LogP contribution >= 0.6 is 15.9 Å². The number of para-hydroxylation sites is 1. The molecule has 19 heavy (non-hydrogen) atoms. The first-order valence-corrected chi connectivity index (χ1v) is 6.43. The fraction of sp³-hybridized carbons (Fsp3) is 0. The fourth-order valence-electron chi connectivity index (χ4n) is 1.93. The third-order valence-corrected chi connectivity index (χ3v) is 3.50. The van der Waals surface area contributed by atoms with Crippen molar-refractivity contribution in [2.45, 2.75) is 0 Å². The second-order valence-electron chi connectivity index (χ2n) is 4.07. The maximum atomic E-state index is 13.7. The van der Waals surface area contributed by atoms with Crippen molar-refractivity contribution in [3.63, 3.8) is 0 Å². The SMILES string of the molecule is O=C(c1cc2ccccc2o1)c1c(F)cccc1Br. The van der Waals surface area contributed by atoms with Gasteiger partial charge in [-0.05, 0) is 40.2 Å². The van der Waals surface area contributed by atoms with Gasteiger partial charge in [0.25, 0.3) is 0 Å². The van der Waals surface area contributed by atoms with Gasteiger partial charge in [-0.25, -0.2) is 4.39 Å². The van der Waals surface area contributed by atoms with E-state index in [1.54, 1.807) is 18.2 Å². The summed E-state index contributed by atoms with van der Waals surface area (Å²) in [5.74, 6) is -0.909. The molecular weight excluding hydrogens is 311 g/mol. The van der Waals surface area contributed by atoms with E-state index in [1.165, 1.54) is 12.1 Å². The molecule has 2 aromatic carbocycles. The highest BCUT2D eigenvalue weighted by molar-refractivity contribution is 9.10. The summed E-state index contributed by atoms with van der Waals surface area (Å²) >= 11 is 3.19. The lowest BCUT2D eigenvalue weighted by Gasteiger charge is -2.02. The van der Waals surface area contributed by atoms with Gasteiger partial charge >= 0.3 is 0 Å². The average Bonchev–Trinajstić information content (AvgIpc) is 2.82. The monoisotopic (exact) mass is 318 g/mol. The van der Waals surface area contributed by atoms with Gasteiger partial charge in [-0.3, -0.25) is 4.79 Å². The Morgan fingerprint density at radius 3 is 2.63 bits per heavy atom. The number of rotatable bonds is 2. The first-order valence-electron chi connectivity index (χ1n) is 5.64. The molecule has 0 aliphatic rings. The highest BCUT2D eigenvalue weighted by Crippen LogP contribution is 2.26. The van der Waals surface area contributed by atoms with Crippen LogP contribution in [-0.2, 0) is 0 Å². The van der Waals surface area contributed by atoms with Crippen LogP contribution in [0.2, 0.25) is 0 Å². The minimum Gasteiger partial charge on any atom is -0.453 e. The third kappa shape index (κ3) is 2.08. The summed E-state index contributed by atoms with van der Waals surface area (Å²) in [6, 6.07) is 13.3. The van der Waals surface area contributed by atoms with Crippen molar-refractivity contribution in [2.24, 2.45) is 0 Å². The Morgan fingerprint density at radius 1 is 1.11 bits per heavy atom. The minimum absolute atomic E-state index is 0.0124. The van der Waals surface area contributed by atoms with Gasteiger partial charge in [-0.1, -0.05) is 24.3 Å². The molecule has 0 N–H and O–H groups in total. The van der Waals surface area contributed by atoms with Gasteiger partial charge in [-0.2, -0.15) is 0 Å². The van der Waals surface area contributed by atoms with Crippen molar-refractivity contribution < 1.29 is 13.6 Å². The fourth-order valence-corrected chi connectivity index (χ4v) is 2.45. The molecule has 4 heteroatoms. The summed E-state index contributed by atoms with van der Waals surface area (Å²) in [5, 5.41) is 0.818. The van der Waals surface area contributed by atoms with Crippen LogP contribution in [0.4, 0.5) is 4.39 Å². The van der Waals surface area contributed by atoms with Gasteiger partial charge in [0.2, 0.25) is 5.78 Å². The largest absolute Gasteiger partial charge is 0.453 e. The molecule has 0 atom stereocenters. The van der Waals surface area contributed by atoms with Gasteiger partial charge in [0.15, 0.2) is 5.76 Å². The predicted molar refractivity (Wildman–Crippen MR) is 73.7 cm³/mol. The maximum absolute atomic E-state index is 13.7. The molecule has 0 radical (unpaired) electrons. The van der Waals surface area contributed by atoms with Gasteiger partial charge < -0.3 is 4.42 Å². The number of furan rings is 1. The van der Waals surface area contributed by atoms with Crippen molar-refractivity contribution in [1.82, 2.24) is 0 Å². The number of carbonyl (C=O) groups is 1. The molecule has 0 amide bonds. The van der Waals surface area contributed by atoms with E-state index in [9.17, 15) is 9.18 Å². The standard InChI is InChI=1S/C15H8BrFO2/c16-10-5-3-6-11(17)14(10)15(18)13-8-9-4-1-2-7-12(9)19-13/h1-8H. The molecule has 0 unspecified atom stereocenters. The molecule has 0 saturated heterocycles. The summed E-state index contributed by atoms with van der Waals surface area (Å²) in [4.78, 5) is 12.3. The molecule has 0 bridgehead atoms. The van der Waals surface area contributed by atoms with Crippen LogP contribution in [0.5, 0.6) is 0 Å². The Bertz CT molecular complexity index is 723. The molecule has 2 nitrogen and oxygen atoms in total. The van der Waals surface area contributed by atoms with E-state index >= 15 is 0 Å². The molecule has 94 valence electrons. The van der Waals surface area contributed by atoms with Crippen LogP contribution in [0.25, 0.3) is 11.0 Å². The number of carbonyl (C=O) groups excluding carboxylic acids is 1. The minimum atomic E-state index is -0.570. The van der Waals surface area contributed by atoms with Crippen LogP contribution < -0.4 is 0 Å². The van der Waals surface area contributed by atoms with Crippen molar-refractivity contribution in [3.05, 3.63) is 70.1 Å². The van der Waals surface area contributed by atoms with E-state index in [0.717, 1.165) is 5.39 Å². The number of hydrogen-bond donors (Lipinski definition) is 0. The Balaban J connectivity index is 2.13. The van der Waals surface area contributed by atoms with Crippen molar-refractivity contribution in [1.29, 1.82) is 0 Å². The highest BCUT2D eigenvalue weighted by atomic mass is 79.9. The molecule has 3 aromatic rings. The summed E-state index contributed by atoms with van der Waals surface area (Å²) in [7, 11) is 0. The lowest BCUT2D eigenvalue weighted by atomic mass is 10.1. The molecule has 0 spiro atoms. The Kier molecular flexibility index (Phi) is 2.95. The van der Waals surface area contributed by atoms with Gasteiger partial charge in [-0.15, -0.1) is 0 Å². The first kappa shape index (κ1) is 12.1. The molecule has 0 saturated carbocycles. The Labute approximate surface area is 117 Å². The average molecular weight is 319 g/mol. The van der Waals surface area contributed by atoms with E-state index in [4.69, 9.17) is 4.42 Å². The molecule has 0 aliphatic carbocycles. The zero-order valence-corrected chi connectivity index (χ0v) is 11.3. The summed E-state index contributed by atoms with van der Waals surface area (Å²) in [6.45, 7) is 0. The highest BCUT2D eigenvalue weighted by Gasteiger charge is 2.20. The second-order valence-corrected chi connectivity index (χ2v) is 4.93. The predicted octanol–water partition coefficient (Wildman–Crippen LogP) is 4.57. The third-order valence-electron chi connectivity index (χ3n) is 2.84. The zero-order valence-electron chi connectivity index (χ0n) is 9.69. The van der Waals surface area contributed by atoms with Crippen LogP contribution in [0.1, 0.15) is 16.1 Å². The molecule has 3 rings (SSSR count). The topological polar surface area (TPSA) is 30.2 Å². The normalized spacial score (nSPS) is 10.8. The molecule has 0 aliphatic heterocycles. The van der Waals surface area contributed by atoms with Crippen LogP contribution in [0.15, 0.2) is 57.4 Å². The summed E-state index contributed by atoms with van der Waals surface area (Å²) in [6.07, 6.45) is 0. The van der Waals surface area contributed by atoms with Crippen molar-refractivity contribution in [3.8, 4) is 0 Å². The second kappa shape index (κ2) is 4.63. The molecule has 1 heterocycles. The van der Waals surface area contributed by atoms with E-state index in [1.807, 2.05) is 18.2 Å². The van der Waals surface area contributed by atoms with Gasteiger partial charge in [0.05, 0.1) is 5.56 Å². The Hall–Kier alpha value is -1.94. The molecular formula is C15H8BrFO2.